The number of benzene rings is 3. The van der Waals surface area contributed by atoms with Crippen LogP contribution in [0.2, 0.25) is 0 Å². The van der Waals surface area contributed by atoms with Gasteiger partial charge in [-0.1, -0.05) is 84.0 Å². The fourth-order valence-electron chi connectivity index (χ4n) is 2.89. The number of carbonyl (C=O) groups is 1. The molecule has 0 saturated carbocycles. The topological polar surface area (TPSA) is 77.2 Å². The minimum atomic E-state index is -4.04. The Labute approximate surface area is 162 Å². The first kappa shape index (κ1) is 17.9. The molecule has 0 spiro atoms. The lowest BCUT2D eigenvalue weighted by molar-refractivity contribution is 0.102. The van der Waals surface area contributed by atoms with Crippen LogP contribution in [0.3, 0.4) is 0 Å². The summed E-state index contributed by atoms with van der Waals surface area (Å²) in [6.45, 7) is 0. The van der Waals surface area contributed by atoms with E-state index < -0.39 is 15.6 Å². The van der Waals surface area contributed by atoms with Crippen LogP contribution < -0.4 is 0 Å². The van der Waals surface area contributed by atoms with E-state index in [1.54, 1.807) is 78.9 Å². The van der Waals surface area contributed by atoms with Crippen molar-refractivity contribution in [2.24, 2.45) is 0 Å². The maximum atomic E-state index is 13.4. The van der Waals surface area contributed by atoms with Gasteiger partial charge in [0.2, 0.25) is 15.6 Å². The Bertz CT molecular complexity index is 1220. The van der Waals surface area contributed by atoms with E-state index in [9.17, 15) is 13.2 Å². The molecular formula is C22H15NO4S. The molecule has 4 rings (SSSR count). The van der Waals surface area contributed by atoms with E-state index in [1.165, 1.54) is 12.1 Å². The average molecular weight is 389 g/mol. The number of rotatable bonds is 5. The molecule has 0 aliphatic carbocycles. The molecule has 4 aromatic rings. The van der Waals surface area contributed by atoms with Gasteiger partial charge in [-0.2, -0.15) is 0 Å². The maximum absolute atomic E-state index is 13.4. The van der Waals surface area contributed by atoms with Crippen LogP contribution in [0.25, 0.3) is 11.3 Å². The third-order valence-corrected chi connectivity index (χ3v) is 6.07. The van der Waals surface area contributed by atoms with E-state index in [-0.39, 0.29) is 21.2 Å². The van der Waals surface area contributed by atoms with E-state index in [1.807, 2.05) is 0 Å². The SMILES string of the molecule is O=C(c1ccccc1)c1noc(-c2ccccc2)c1S(=O)(=O)c1ccccc1. The standard InChI is InChI=1S/C22H15NO4S/c24-20(16-10-4-1-5-11-16)19-22(28(25,26)18-14-8-3-9-15-18)21(27-23-19)17-12-6-2-7-13-17/h1-15H. The molecule has 0 aliphatic rings. The summed E-state index contributed by atoms with van der Waals surface area (Å²) in [6.07, 6.45) is 0. The number of hydrogen-bond acceptors (Lipinski definition) is 5. The van der Waals surface area contributed by atoms with Gasteiger partial charge in [0.1, 0.15) is 0 Å². The first-order valence-electron chi connectivity index (χ1n) is 8.54. The zero-order valence-electron chi connectivity index (χ0n) is 14.6. The maximum Gasteiger partial charge on any atom is 0.216 e. The summed E-state index contributed by atoms with van der Waals surface area (Å²) in [5, 5.41) is 3.86. The Hall–Kier alpha value is -3.51. The fraction of sp³-hybridized carbons (Fsp3) is 0. The molecule has 0 unspecified atom stereocenters. The molecule has 0 atom stereocenters. The number of carbonyl (C=O) groups excluding carboxylic acids is 1. The van der Waals surface area contributed by atoms with Crippen molar-refractivity contribution in [2.45, 2.75) is 9.79 Å². The van der Waals surface area contributed by atoms with Gasteiger partial charge in [0.25, 0.3) is 0 Å². The van der Waals surface area contributed by atoms with Crippen molar-refractivity contribution >= 4 is 15.6 Å². The molecule has 1 aromatic heterocycles. The Morgan fingerprint density at radius 3 is 1.89 bits per heavy atom. The minimum Gasteiger partial charge on any atom is -0.354 e. The quantitative estimate of drug-likeness (QED) is 0.473. The van der Waals surface area contributed by atoms with Crippen LogP contribution in [-0.2, 0) is 9.84 Å². The van der Waals surface area contributed by atoms with E-state index in [0.717, 1.165) is 0 Å². The normalized spacial score (nSPS) is 11.3. The predicted octanol–water partition coefficient (Wildman–Crippen LogP) is 4.41. The summed E-state index contributed by atoms with van der Waals surface area (Å²) in [5.41, 5.74) is 0.630. The lowest BCUT2D eigenvalue weighted by Crippen LogP contribution is -2.11. The fourth-order valence-corrected chi connectivity index (χ4v) is 4.43. The van der Waals surface area contributed by atoms with Gasteiger partial charge in [-0.05, 0) is 12.1 Å². The van der Waals surface area contributed by atoms with Gasteiger partial charge in [-0.3, -0.25) is 4.79 Å². The zero-order chi connectivity index (χ0) is 19.6. The van der Waals surface area contributed by atoms with Crippen molar-refractivity contribution in [3.05, 3.63) is 102 Å². The molecule has 5 nitrogen and oxygen atoms in total. The molecular weight excluding hydrogens is 374 g/mol. The molecule has 0 fully saturated rings. The van der Waals surface area contributed by atoms with Gasteiger partial charge in [0, 0.05) is 11.1 Å². The highest BCUT2D eigenvalue weighted by Crippen LogP contribution is 2.35. The number of sulfone groups is 1. The smallest absolute Gasteiger partial charge is 0.216 e. The molecule has 0 bridgehead atoms. The summed E-state index contributed by atoms with van der Waals surface area (Å²) in [5.74, 6) is -0.468. The Morgan fingerprint density at radius 1 is 0.750 bits per heavy atom. The number of nitrogens with zero attached hydrogens (tertiary/aromatic N) is 1. The molecule has 28 heavy (non-hydrogen) atoms. The second kappa shape index (κ2) is 7.25. The first-order valence-corrected chi connectivity index (χ1v) is 10.0. The van der Waals surface area contributed by atoms with Crippen LogP contribution in [0.1, 0.15) is 16.1 Å². The van der Waals surface area contributed by atoms with Crippen LogP contribution >= 0.6 is 0 Å². The van der Waals surface area contributed by atoms with Crippen LogP contribution in [0.15, 0.2) is 105 Å². The highest BCUT2D eigenvalue weighted by molar-refractivity contribution is 7.91. The van der Waals surface area contributed by atoms with Crippen LogP contribution in [-0.4, -0.2) is 19.4 Å². The summed E-state index contributed by atoms with van der Waals surface area (Å²) >= 11 is 0. The third-order valence-electron chi connectivity index (χ3n) is 4.26. The average Bonchev–Trinajstić information content (AvgIpc) is 3.21. The second-order valence-corrected chi connectivity index (χ2v) is 7.95. The summed E-state index contributed by atoms with van der Waals surface area (Å²) in [7, 11) is -4.04. The van der Waals surface area contributed by atoms with Crippen LogP contribution in [0.4, 0.5) is 0 Å². The van der Waals surface area contributed by atoms with Crippen molar-refractivity contribution < 1.29 is 17.7 Å². The van der Waals surface area contributed by atoms with E-state index >= 15 is 0 Å². The molecule has 3 aromatic carbocycles. The van der Waals surface area contributed by atoms with E-state index in [2.05, 4.69) is 5.16 Å². The minimum absolute atomic E-state index is 0.0451. The number of ketones is 1. The molecule has 6 heteroatoms. The number of aromatic nitrogens is 1. The van der Waals surface area contributed by atoms with E-state index in [4.69, 9.17) is 4.52 Å². The molecule has 0 aliphatic heterocycles. The summed E-state index contributed by atoms with van der Waals surface area (Å²) < 4.78 is 32.2. The third kappa shape index (κ3) is 3.14. The lowest BCUT2D eigenvalue weighted by Gasteiger charge is -2.06. The summed E-state index contributed by atoms with van der Waals surface area (Å²) in [6, 6.07) is 25.1. The lowest BCUT2D eigenvalue weighted by atomic mass is 10.1. The van der Waals surface area contributed by atoms with Crippen molar-refractivity contribution in [3.63, 3.8) is 0 Å². The molecule has 0 N–H and O–H groups in total. The first-order chi connectivity index (χ1) is 13.6. The van der Waals surface area contributed by atoms with Gasteiger partial charge in [-0.25, -0.2) is 8.42 Å². The Kier molecular flexibility index (Phi) is 4.63. The van der Waals surface area contributed by atoms with Crippen LogP contribution in [0, 0.1) is 0 Å². The highest BCUT2D eigenvalue weighted by atomic mass is 32.2. The van der Waals surface area contributed by atoms with Crippen molar-refractivity contribution in [1.29, 1.82) is 0 Å². The predicted molar refractivity (Wildman–Crippen MR) is 104 cm³/mol. The Balaban J connectivity index is 1.97. The summed E-state index contributed by atoms with van der Waals surface area (Å²) in [4.78, 5) is 12.8. The van der Waals surface area contributed by atoms with Crippen molar-refractivity contribution in [1.82, 2.24) is 5.16 Å². The van der Waals surface area contributed by atoms with Gasteiger partial charge in [-0.15, -0.1) is 0 Å². The Morgan fingerprint density at radius 2 is 1.29 bits per heavy atom. The molecule has 0 radical (unpaired) electrons. The van der Waals surface area contributed by atoms with E-state index in [0.29, 0.717) is 11.1 Å². The van der Waals surface area contributed by atoms with Crippen molar-refractivity contribution in [2.75, 3.05) is 0 Å². The molecule has 0 amide bonds. The highest BCUT2D eigenvalue weighted by Gasteiger charge is 2.34. The second-order valence-electron chi connectivity index (χ2n) is 6.07. The number of hydrogen-bond donors (Lipinski definition) is 0. The van der Waals surface area contributed by atoms with Gasteiger partial charge in [0.05, 0.1) is 4.90 Å². The van der Waals surface area contributed by atoms with Crippen LogP contribution in [0.5, 0.6) is 0 Å². The largest absolute Gasteiger partial charge is 0.354 e. The van der Waals surface area contributed by atoms with Crippen molar-refractivity contribution in [3.8, 4) is 11.3 Å². The molecule has 0 saturated heterocycles. The molecule has 1 heterocycles. The van der Waals surface area contributed by atoms with Gasteiger partial charge in [0.15, 0.2) is 16.3 Å². The monoisotopic (exact) mass is 389 g/mol. The zero-order valence-corrected chi connectivity index (χ0v) is 15.5. The van der Waals surface area contributed by atoms with Gasteiger partial charge < -0.3 is 4.52 Å². The van der Waals surface area contributed by atoms with Gasteiger partial charge >= 0.3 is 0 Å². The molecule has 138 valence electrons.